The second kappa shape index (κ2) is 10.8. The minimum absolute atomic E-state index is 0.202. The van der Waals surface area contributed by atoms with Crippen LogP contribution < -0.4 is 11.1 Å². The molecule has 1 saturated heterocycles. The van der Waals surface area contributed by atoms with Gasteiger partial charge in [-0.25, -0.2) is 0 Å². The molecule has 0 radical (unpaired) electrons. The first-order valence-electron chi connectivity index (χ1n) is 8.15. The van der Waals surface area contributed by atoms with E-state index >= 15 is 0 Å². The van der Waals surface area contributed by atoms with Crippen LogP contribution in [0.15, 0.2) is 4.99 Å². The second-order valence-corrected chi connectivity index (χ2v) is 5.75. The van der Waals surface area contributed by atoms with E-state index in [1.54, 1.807) is 7.11 Å². The number of methoxy groups -OCH3 is 1. The summed E-state index contributed by atoms with van der Waals surface area (Å²) >= 11 is 0. The van der Waals surface area contributed by atoms with Gasteiger partial charge in [-0.1, -0.05) is 6.92 Å². The Kier molecular flexibility index (Phi) is 9.37. The Morgan fingerprint density at radius 1 is 1.24 bits per heavy atom. The lowest BCUT2D eigenvalue weighted by Gasteiger charge is -2.33. The maximum absolute atomic E-state index is 5.83. The third-order valence-corrected chi connectivity index (χ3v) is 3.89. The maximum Gasteiger partial charge on any atom is 0.188 e. The number of nitrogens with two attached hydrogens (primary N) is 1. The van der Waals surface area contributed by atoms with Gasteiger partial charge in [0.25, 0.3) is 0 Å². The fourth-order valence-corrected chi connectivity index (χ4v) is 2.57. The number of ether oxygens (including phenoxy) is 1. The Labute approximate surface area is 129 Å². The molecule has 6 nitrogen and oxygen atoms in total. The molecule has 0 aromatic carbocycles. The topological polar surface area (TPSA) is 66.1 Å². The summed E-state index contributed by atoms with van der Waals surface area (Å²) in [5.74, 6) is 0.524. The first-order valence-corrected chi connectivity index (χ1v) is 8.15. The van der Waals surface area contributed by atoms with E-state index in [9.17, 15) is 0 Å². The predicted octanol–water partition coefficient (Wildman–Crippen LogP) is 0.343. The zero-order chi connectivity index (χ0) is 15.5. The molecule has 0 bridgehead atoms. The fourth-order valence-electron chi connectivity index (χ4n) is 2.57. The predicted molar refractivity (Wildman–Crippen MR) is 88.8 cm³/mol. The van der Waals surface area contributed by atoms with Crippen LogP contribution in [-0.4, -0.2) is 81.3 Å². The van der Waals surface area contributed by atoms with Crippen molar-refractivity contribution < 1.29 is 4.74 Å². The zero-order valence-electron chi connectivity index (χ0n) is 14.0. The SMILES string of the molecule is CCN1CCN(CCCCN=C(N)NC(C)COC)CC1. The molecule has 0 spiro atoms. The first kappa shape index (κ1) is 18.2. The van der Waals surface area contributed by atoms with Crippen molar-refractivity contribution in [2.75, 3.05) is 59.5 Å². The van der Waals surface area contributed by atoms with Gasteiger partial charge in [0.05, 0.1) is 6.61 Å². The van der Waals surface area contributed by atoms with E-state index < -0.39 is 0 Å². The number of nitrogens with zero attached hydrogens (tertiary/aromatic N) is 3. The highest BCUT2D eigenvalue weighted by atomic mass is 16.5. The van der Waals surface area contributed by atoms with Crippen LogP contribution in [0, 0.1) is 0 Å². The third-order valence-electron chi connectivity index (χ3n) is 3.89. The van der Waals surface area contributed by atoms with Gasteiger partial charge in [0.2, 0.25) is 0 Å². The molecule has 0 aliphatic carbocycles. The number of likely N-dealkylation sites (N-methyl/N-ethyl adjacent to an activating group) is 1. The molecule has 1 unspecified atom stereocenters. The Morgan fingerprint density at radius 3 is 2.52 bits per heavy atom. The average molecular weight is 299 g/mol. The van der Waals surface area contributed by atoms with Crippen molar-refractivity contribution in [3.8, 4) is 0 Å². The van der Waals surface area contributed by atoms with Gasteiger partial charge in [0.15, 0.2) is 5.96 Å². The van der Waals surface area contributed by atoms with Crippen molar-refractivity contribution in [1.29, 1.82) is 0 Å². The van der Waals surface area contributed by atoms with Crippen LogP contribution in [0.2, 0.25) is 0 Å². The summed E-state index contributed by atoms with van der Waals surface area (Å²) in [5.41, 5.74) is 5.83. The normalized spacial score (nSPS) is 19.7. The number of aliphatic imine (C=N–C) groups is 1. The van der Waals surface area contributed by atoms with Crippen LogP contribution in [0.3, 0.4) is 0 Å². The van der Waals surface area contributed by atoms with E-state index in [0.29, 0.717) is 12.6 Å². The van der Waals surface area contributed by atoms with Gasteiger partial charge in [-0.3, -0.25) is 4.99 Å². The number of unbranched alkanes of at least 4 members (excludes halogenated alkanes) is 1. The van der Waals surface area contributed by atoms with Gasteiger partial charge in [-0.05, 0) is 32.9 Å². The lowest BCUT2D eigenvalue weighted by molar-refractivity contribution is 0.136. The standard InChI is InChI=1S/C15H33N5O/c1-4-19-9-11-20(12-10-19)8-6-5-7-17-15(16)18-14(2)13-21-3/h14H,4-13H2,1-3H3,(H3,16,17,18). The van der Waals surface area contributed by atoms with Crippen LogP contribution in [0.5, 0.6) is 0 Å². The highest BCUT2D eigenvalue weighted by molar-refractivity contribution is 5.78. The van der Waals surface area contributed by atoms with Gasteiger partial charge in [0, 0.05) is 45.9 Å². The third kappa shape index (κ3) is 8.24. The van der Waals surface area contributed by atoms with Crippen molar-refractivity contribution in [2.45, 2.75) is 32.7 Å². The molecule has 0 saturated carbocycles. The molecule has 6 heteroatoms. The quantitative estimate of drug-likeness (QED) is 0.365. The zero-order valence-corrected chi connectivity index (χ0v) is 14.0. The Balaban J connectivity index is 2.03. The van der Waals surface area contributed by atoms with Gasteiger partial charge >= 0.3 is 0 Å². The summed E-state index contributed by atoms with van der Waals surface area (Å²) in [6.45, 7) is 12.9. The highest BCUT2D eigenvalue weighted by Crippen LogP contribution is 2.03. The molecule has 124 valence electrons. The van der Waals surface area contributed by atoms with Crippen LogP contribution in [0.4, 0.5) is 0 Å². The lowest BCUT2D eigenvalue weighted by atomic mass is 10.2. The Morgan fingerprint density at radius 2 is 1.90 bits per heavy atom. The van der Waals surface area contributed by atoms with Crippen molar-refractivity contribution in [2.24, 2.45) is 10.7 Å². The van der Waals surface area contributed by atoms with Crippen LogP contribution in [-0.2, 0) is 4.74 Å². The van der Waals surface area contributed by atoms with E-state index in [4.69, 9.17) is 10.5 Å². The lowest BCUT2D eigenvalue weighted by Crippen LogP contribution is -2.46. The van der Waals surface area contributed by atoms with Gasteiger partial charge in [-0.15, -0.1) is 0 Å². The van der Waals surface area contributed by atoms with Crippen molar-refractivity contribution in [3.05, 3.63) is 0 Å². The fraction of sp³-hybridized carbons (Fsp3) is 0.933. The molecular weight excluding hydrogens is 266 g/mol. The monoisotopic (exact) mass is 299 g/mol. The second-order valence-electron chi connectivity index (χ2n) is 5.75. The smallest absolute Gasteiger partial charge is 0.188 e. The van der Waals surface area contributed by atoms with Crippen molar-refractivity contribution in [1.82, 2.24) is 15.1 Å². The Bertz CT molecular complexity index is 290. The summed E-state index contributed by atoms with van der Waals surface area (Å²) in [6.07, 6.45) is 2.28. The minimum atomic E-state index is 0.202. The number of hydrogen-bond acceptors (Lipinski definition) is 4. The summed E-state index contributed by atoms with van der Waals surface area (Å²) < 4.78 is 5.05. The maximum atomic E-state index is 5.83. The molecular formula is C15H33N5O. The molecule has 3 N–H and O–H groups in total. The molecule has 1 heterocycles. The molecule has 0 amide bonds. The van der Waals surface area contributed by atoms with E-state index in [2.05, 4.69) is 27.0 Å². The van der Waals surface area contributed by atoms with E-state index in [-0.39, 0.29) is 6.04 Å². The number of rotatable bonds is 9. The largest absolute Gasteiger partial charge is 0.383 e. The summed E-state index contributed by atoms with van der Waals surface area (Å²) in [6, 6.07) is 0.202. The Hall–Kier alpha value is -0.850. The summed E-state index contributed by atoms with van der Waals surface area (Å²) in [5, 5.41) is 3.12. The van der Waals surface area contributed by atoms with Gasteiger partial charge in [0.1, 0.15) is 0 Å². The number of hydrogen-bond donors (Lipinski definition) is 2. The van der Waals surface area contributed by atoms with E-state index in [0.717, 1.165) is 13.0 Å². The van der Waals surface area contributed by atoms with Gasteiger partial charge in [-0.2, -0.15) is 0 Å². The van der Waals surface area contributed by atoms with Crippen LogP contribution in [0.1, 0.15) is 26.7 Å². The highest BCUT2D eigenvalue weighted by Gasteiger charge is 2.14. The molecule has 21 heavy (non-hydrogen) atoms. The number of piperazine rings is 1. The number of guanidine groups is 1. The molecule has 1 aliphatic heterocycles. The van der Waals surface area contributed by atoms with Crippen molar-refractivity contribution >= 4 is 5.96 Å². The minimum Gasteiger partial charge on any atom is -0.383 e. The molecule has 0 aromatic rings. The first-order chi connectivity index (χ1) is 10.2. The number of nitrogens with one attached hydrogen (secondary N) is 1. The molecule has 1 aliphatic rings. The average Bonchev–Trinajstić information content (AvgIpc) is 2.47. The van der Waals surface area contributed by atoms with E-state index in [1.165, 1.54) is 45.7 Å². The van der Waals surface area contributed by atoms with Crippen LogP contribution >= 0.6 is 0 Å². The molecule has 0 aromatic heterocycles. The molecule has 1 rings (SSSR count). The van der Waals surface area contributed by atoms with E-state index in [1.807, 2.05) is 6.92 Å². The van der Waals surface area contributed by atoms with Crippen LogP contribution in [0.25, 0.3) is 0 Å². The van der Waals surface area contributed by atoms with Crippen molar-refractivity contribution in [3.63, 3.8) is 0 Å². The van der Waals surface area contributed by atoms with Gasteiger partial charge < -0.3 is 25.6 Å². The molecule has 1 fully saturated rings. The summed E-state index contributed by atoms with van der Waals surface area (Å²) in [4.78, 5) is 9.42. The summed E-state index contributed by atoms with van der Waals surface area (Å²) in [7, 11) is 1.69. The molecule has 1 atom stereocenters.